The van der Waals surface area contributed by atoms with E-state index in [2.05, 4.69) is 5.32 Å². The summed E-state index contributed by atoms with van der Waals surface area (Å²) < 4.78 is 0. The Morgan fingerprint density at radius 3 is 2.40 bits per heavy atom. The van der Waals surface area contributed by atoms with Gasteiger partial charge >= 0.3 is 0 Å². The molecule has 1 aromatic rings. The van der Waals surface area contributed by atoms with Crippen LogP contribution in [0.3, 0.4) is 0 Å². The molecule has 0 unspecified atom stereocenters. The van der Waals surface area contributed by atoms with E-state index >= 15 is 0 Å². The average molecular weight is 243 g/mol. The van der Waals surface area contributed by atoms with Gasteiger partial charge in [-0.1, -0.05) is 30.0 Å². The maximum Gasteiger partial charge on any atom is 0.216 e. The first-order valence-corrected chi connectivity index (χ1v) is 5.33. The summed E-state index contributed by atoms with van der Waals surface area (Å²) in [5, 5.41) is 3.82. The number of hydrogen-bond donors (Lipinski definition) is 1. The summed E-state index contributed by atoms with van der Waals surface area (Å²) in [4.78, 5) is 11.3. The zero-order valence-corrected chi connectivity index (χ0v) is 10.1. The van der Waals surface area contributed by atoms with Crippen molar-refractivity contribution in [3.05, 3.63) is 27.7 Å². The van der Waals surface area contributed by atoms with Gasteiger partial charge in [0.1, 0.15) is 7.28 Å². The summed E-state index contributed by atoms with van der Waals surface area (Å²) in [7, 11) is 1.78. The van der Waals surface area contributed by atoms with E-state index in [1.54, 1.807) is 19.4 Å². The fraction of sp³-hybridized carbons (Fsp3) is 0.300. The molecule has 0 aliphatic heterocycles. The molecule has 0 saturated carbocycles. The zero-order chi connectivity index (χ0) is 11.4. The van der Waals surface area contributed by atoms with Crippen molar-refractivity contribution in [2.75, 3.05) is 5.32 Å². The van der Waals surface area contributed by atoms with E-state index in [1.165, 1.54) is 0 Å². The van der Waals surface area contributed by atoms with Gasteiger partial charge in [0.05, 0.1) is 0 Å². The number of benzene rings is 1. The third-order valence-electron chi connectivity index (χ3n) is 1.95. The number of nitrogens with one attached hydrogen (secondary N) is 1. The number of hydrogen-bond acceptors (Lipinski definition) is 1. The number of halogens is 2. The summed E-state index contributed by atoms with van der Waals surface area (Å²) in [6.07, 6.45) is 0.378. The third kappa shape index (κ3) is 3.43. The maximum atomic E-state index is 11.3. The molecule has 2 nitrogen and oxygen atoms in total. The summed E-state index contributed by atoms with van der Waals surface area (Å²) in [6, 6.07) is 3.38. The van der Waals surface area contributed by atoms with Crippen LogP contribution in [0, 0.1) is 6.92 Å². The first-order chi connectivity index (χ1) is 7.04. The summed E-state index contributed by atoms with van der Waals surface area (Å²) in [6.45, 7) is 3.66. The van der Waals surface area contributed by atoms with E-state index in [0.29, 0.717) is 22.1 Å². The molecule has 1 N–H and O–H groups in total. The topological polar surface area (TPSA) is 29.1 Å². The van der Waals surface area contributed by atoms with Crippen LogP contribution in [0.1, 0.15) is 5.56 Å². The van der Waals surface area contributed by atoms with Crippen LogP contribution >= 0.6 is 23.2 Å². The largest absolute Gasteiger partial charge is 0.327 e. The predicted molar refractivity (Wildman–Crippen MR) is 66.3 cm³/mol. The lowest BCUT2D eigenvalue weighted by Gasteiger charge is -2.07. The molecule has 0 heterocycles. The van der Waals surface area contributed by atoms with Crippen LogP contribution in [-0.4, -0.2) is 13.2 Å². The van der Waals surface area contributed by atoms with Crippen LogP contribution in [0.15, 0.2) is 12.1 Å². The minimum absolute atomic E-state index is 0.0755. The Kier molecular flexibility index (Phi) is 4.49. The average Bonchev–Trinajstić information content (AvgIpc) is 2.14. The zero-order valence-electron chi connectivity index (χ0n) is 8.60. The van der Waals surface area contributed by atoms with Crippen molar-refractivity contribution in [1.82, 2.24) is 0 Å². The molecule has 1 rings (SSSR count). The Hall–Kier alpha value is -0.665. The van der Waals surface area contributed by atoms with Gasteiger partial charge in [0.2, 0.25) is 5.91 Å². The molecule has 0 atom stereocenters. The molecule has 0 spiro atoms. The quantitative estimate of drug-likeness (QED) is 0.809. The fourth-order valence-electron chi connectivity index (χ4n) is 1.11. The van der Waals surface area contributed by atoms with Gasteiger partial charge in [-0.25, -0.2) is 0 Å². The van der Waals surface area contributed by atoms with Crippen molar-refractivity contribution in [3.63, 3.8) is 0 Å². The monoisotopic (exact) mass is 242 g/mol. The lowest BCUT2D eigenvalue weighted by molar-refractivity contribution is -0.114. The van der Waals surface area contributed by atoms with Crippen LogP contribution in [0.25, 0.3) is 0 Å². The number of carbonyl (C=O) groups is 1. The van der Waals surface area contributed by atoms with Gasteiger partial charge in [-0.2, -0.15) is 0 Å². The molecule has 79 valence electrons. The predicted octanol–water partition coefficient (Wildman–Crippen LogP) is 3.41. The first kappa shape index (κ1) is 12.4. The molecule has 0 aromatic heterocycles. The second-order valence-corrected chi connectivity index (χ2v) is 4.04. The van der Waals surface area contributed by atoms with Gasteiger partial charge < -0.3 is 5.32 Å². The van der Waals surface area contributed by atoms with Crippen LogP contribution < -0.4 is 5.32 Å². The molecule has 5 heteroatoms. The standard InChI is InChI=1S/C10H11BCl2NO/c1-6-8(12)3-7(4-9(6)13)14-10(15)5-11-2/h3-4H,5H2,1-2H3,(H,14,15). The second kappa shape index (κ2) is 5.43. The van der Waals surface area contributed by atoms with E-state index in [0.717, 1.165) is 5.56 Å². The number of anilines is 1. The van der Waals surface area contributed by atoms with Crippen molar-refractivity contribution in [2.24, 2.45) is 0 Å². The molecule has 0 aliphatic carbocycles. The van der Waals surface area contributed by atoms with Gasteiger partial charge in [0.25, 0.3) is 0 Å². The SMILES string of the molecule is C[B]CC(=O)Nc1cc(Cl)c(C)c(Cl)c1. The molecule has 0 fully saturated rings. The van der Waals surface area contributed by atoms with Crippen molar-refractivity contribution < 1.29 is 4.79 Å². The molecule has 0 saturated heterocycles. The summed E-state index contributed by atoms with van der Waals surface area (Å²) in [5.74, 6) is -0.0755. The van der Waals surface area contributed by atoms with Gasteiger partial charge in [0.15, 0.2) is 0 Å². The maximum absolute atomic E-state index is 11.3. The van der Waals surface area contributed by atoms with Gasteiger partial charge in [-0.15, -0.1) is 0 Å². The van der Waals surface area contributed by atoms with Crippen LogP contribution in [-0.2, 0) is 4.79 Å². The van der Waals surface area contributed by atoms with Crippen LogP contribution in [0.4, 0.5) is 5.69 Å². The highest BCUT2D eigenvalue weighted by Crippen LogP contribution is 2.28. The van der Waals surface area contributed by atoms with Crippen molar-refractivity contribution in [3.8, 4) is 0 Å². The van der Waals surface area contributed by atoms with E-state index < -0.39 is 0 Å². The second-order valence-electron chi connectivity index (χ2n) is 3.23. The Morgan fingerprint density at radius 2 is 1.93 bits per heavy atom. The van der Waals surface area contributed by atoms with Crippen molar-refractivity contribution in [1.29, 1.82) is 0 Å². The minimum Gasteiger partial charge on any atom is -0.327 e. The van der Waals surface area contributed by atoms with Crippen LogP contribution in [0.5, 0.6) is 0 Å². The number of amides is 1. The Balaban J connectivity index is 2.83. The van der Waals surface area contributed by atoms with E-state index in [9.17, 15) is 4.79 Å². The molecule has 1 aromatic carbocycles. The fourth-order valence-corrected chi connectivity index (χ4v) is 1.60. The normalized spacial score (nSPS) is 9.87. The molecular weight excluding hydrogens is 232 g/mol. The molecule has 1 amide bonds. The molecule has 0 aliphatic rings. The van der Waals surface area contributed by atoms with Crippen molar-refractivity contribution >= 4 is 42.1 Å². The van der Waals surface area contributed by atoms with Crippen LogP contribution in [0.2, 0.25) is 23.2 Å². The van der Waals surface area contributed by atoms with Gasteiger partial charge in [-0.05, 0) is 30.9 Å². The minimum atomic E-state index is -0.0755. The number of rotatable bonds is 3. The third-order valence-corrected chi connectivity index (χ3v) is 2.74. The Bertz CT molecular complexity index is 359. The Labute approximate surface area is 100 Å². The molecular formula is C10H11BCl2NO. The van der Waals surface area contributed by atoms with E-state index in [4.69, 9.17) is 23.2 Å². The number of carbonyl (C=O) groups excluding carboxylic acids is 1. The smallest absolute Gasteiger partial charge is 0.216 e. The summed E-state index contributed by atoms with van der Waals surface area (Å²) in [5.41, 5.74) is 1.45. The van der Waals surface area contributed by atoms with Gasteiger partial charge in [-0.3, -0.25) is 4.79 Å². The highest BCUT2D eigenvalue weighted by molar-refractivity contribution is 6.40. The lowest BCUT2D eigenvalue weighted by Crippen LogP contribution is -2.12. The lowest BCUT2D eigenvalue weighted by atomic mass is 9.78. The Morgan fingerprint density at radius 1 is 1.40 bits per heavy atom. The first-order valence-electron chi connectivity index (χ1n) is 4.58. The summed E-state index contributed by atoms with van der Waals surface area (Å²) >= 11 is 11.9. The van der Waals surface area contributed by atoms with E-state index in [-0.39, 0.29) is 5.91 Å². The molecule has 15 heavy (non-hydrogen) atoms. The highest BCUT2D eigenvalue weighted by atomic mass is 35.5. The van der Waals surface area contributed by atoms with Crippen molar-refractivity contribution in [2.45, 2.75) is 20.1 Å². The highest BCUT2D eigenvalue weighted by Gasteiger charge is 2.06. The van der Waals surface area contributed by atoms with Gasteiger partial charge in [0, 0.05) is 15.7 Å². The molecule has 1 radical (unpaired) electrons. The molecule has 0 bridgehead atoms. The van der Waals surface area contributed by atoms with E-state index in [1.807, 2.05) is 13.7 Å².